The Morgan fingerprint density at radius 2 is 0.792 bits per heavy atom. The van der Waals surface area contributed by atoms with Crippen LogP contribution in [0.15, 0.2) is 97.1 Å². The molecular weight excluding hydrogens is 577 g/mol. The topological polar surface area (TPSA) is 0 Å². The molecule has 4 aromatic carbocycles. The van der Waals surface area contributed by atoms with Gasteiger partial charge in [-0.25, -0.2) is 0 Å². The molecule has 0 aliphatic rings. The van der Waals surface area contributed by atoms with Crippen molar-refractivity contribution in [2.24, 2.45) is 17.8 Å². The van der Waals surface area contributed by atoms with Crippen molar-refractivity contribution in [3.8, 4) is 0 Å². The van der Waals surface area contributed by atoms with E-state index in [1.165, 1.54) is 57.3 Å². The van der Waals surface area contributed by atoms with Gasteiger partial charge in [-0.2, -0.15) is 0 Å². The van der Waals surface area contributed by atoms with Crippen LogP contribution in [-0.2, 0) is 6.42 Å². The van der Waals surface area contributed by atoms with E-state index in [0.717, 1.165) is 17.8 Å². The maximum Gasteiger partial charge on any atom is -0.0219 e. The third kappa shape index (κ3) is 22.4. The Bertz CT molecular complexity index is 1280. The summed E-state index contributed by atoms with van der Waals surface area (Å²) in [6.07, 6.45) is 2.56. The van der Waals surface area contributed by atoms with Gasteiger partial charge in [0, 0.05) is 0 Å². The van der Waals surface area contributed by atoms with E-state index in [1.54, 1.807) is 0 Å². The van der Waals surface area contributed by atoms with E-state index in [2.05, 4.69) is 208 Å². The Labute approximate surface area is 299 Å². The molecule has 0 fully saturated rings. The van der Waals surface area contributed by atoms with E-state index in [0.29, 0.717) is 17.8 Å². The minimum atomic E-state index is 0.653. The molecule has 0 aliphatic heterocycles. The van der Waals surface area contributed by atoms with Gasteiger partial charge in [-0.05, 0) is 104 Å². The zero-order valence-corrected chi connectivity index (χ0v) is 34.1. The average Bonchev–Trinajstić information content (AvgIpc) is 2.99. The van der Waals surface area contributed by atoms with Crippen molar-refractivity contribution in [2.45, 2.75) is 141 Å². The van der Waals surface area contributed by atoms with Gasteiger partial charge in [0.15, 0.2) is 0 Å². The Morgan fingerprint density at radius 3 is 1.08 bits per heavy atom. The third-order valence-corrected chi connectivity index (χ3v) is 8.03. The van der Waals surface area contributed by atoms with Crippen LogP contribution in [0.25, 0.3) is 0 Å². The average molecular weight is 651 g/mol. The summed E-state index contributed by atoms with van der Waals surface area (Å²) in [5.74, 6) is 4.47. The third-order valence-electron chi connectivity index (χ3n) is 8.03. The van der Waals surface area contributed by atoms with Crippen molar-refractivity contribution in [3.05, 3.63) is 142 Å². The molecule has 0 unspecified atom stereocenters. The SMILES string of the molecule is CC(C)CC(C)C.Cc1ccc(C(C)C)cc1.Cc1ccc(C(C)C)cc1.Cc1cccc(C(C)C)c1.Cc1ccccc1CC(C)C. The van der Waals surface area contributed by atoms with Gasteiger partial charge in [-0.1, -0.05) is 197 Å². The van der Waals surface area contributed by atoms with Crippen molar-refractivity contribution in [1.82, 2.24) is 0 Å². The lowest BCUT2D eigenvalue weighted by Gasteiger charge is -2.07. The van der Waals surface area contributed by atoms with Crippen LogP contribution in [0.4, 0.5) is 0 Å². The first-order chi connectivity index (χ1) is 22.4. The molecule has 4 rings (SSSR count). The van der Waals surface area contributed by atoms with Crippen LogP contribution in [0, 0.1) is 45.4 Å². The molecule has 0 saturated carbocycles. The summed E-state index contributed by atoms with van der Waals surface area (Å²) in [6.45, 7) is 35.4. The highest BCUT2D eigenvalue weighted by Crippen LogP contribution is 2.16. The zero-order chi connectivity index (χ0) is 36.8. The fraction of sp³-hybridized carbons (Fsp3) is 0.500. The lowest BCUT2D eigenvalue weighted by Crippen LogP contribution is -1.95. The van der Waals surface area contributed by atoms with Crippen molar-refractivity contribution in [2.75, 3.05) is 0 Å². The predicted octanol–water partition coefficient (Wildman–Crippen LogP) is 15.2. The number of hydrogen-bond donors (Lipinski definition) is 0. The van der Waals surface area contributed by atoms with Crippen LogP contribution in [0.3, 0.4) is 0 Å². The maximum atomic E-state index is 2.26. The second-order valence-electron chi connectivity index (χ2n) is 15.7. The molecule has 0 aliphatic carbocycles. The molecule has 0 atom stereocenters. The first kappa shape index (κ1) is 44.9. The lowest BCUT2D eigenvalue weighted by atomic mass is 9.99. The highest BCUT2D eigenvalue weighted by Gasteiger charge is 2.00. The van der Waals surface area contributed by atoms with E-state index < -0.39 is 0 Å². The monoisotopic (exact) mass is 651 g/mol. The molecule has 0 saturated heterocycles. The van der Waals surface area contributed by atoms with Crippen molar-refractivity contribution in [1.29, 1.82) is 0 Å². The van der Waals surface area contributed by atoms with Gasteiger partial charge in [0.1, 0.15) is 0 Å². The Kier molecular flexibility index (Phi) is 23.3. The van der Waals surface area contributed by atoms with E-state index >= 15 is 0 Å². The number of rotatable bonds is 7. The molecule has 0 heteroatoms. The number of hydrogen-bond acceptors (Lipinski definition) is 0. The summed E-state index contributed by atoms with van der Waals surface area (Å²) in [5.41, 5.74) is 11.2. The minimum absolute atomic E-state index is 0.653. The summed E-state index contributed by atoms with van der Waals surface area (Å²) in [5, 5.41) is 0. The van der Waals surface area contributed by atoms with Crippen LogP contribution in [0.5, 0.6) is 0 Å². The first-order valence-corrected chi connectivity index (χ1v) is 18.7. The smallest absolute Gasteiger partial charge is 0.0219 e. The van der Waals surface area contributed by atoms with Crippen LogP contribution >= 0.6 is 0 Å². The molecule has 0 heterocycles. The van der Waals surface area contributed by atoms with Crippen LogP contribution in [-0.4, -0.2) is 0 Å². The highest BCUT2D eigenvalue weighted by atomic mass is 14.1. The molecule has 0 amide bonds. The lowest BCUT2D eigenvalue weighted by molar-refractivity contribution is 0.469. The summed E-state index contributed by atoms with van der Waals surface area (Å²) < 4.78 is 0. The fourth-order valence-electron chi connectivity index (χ4n) is 5.15. The van der Waals surface area contributed by atoms with Gasteiger partial charge in [-0.15, -0.1) is 0 Å². The normalized spacial score (nSPS) is 10.5. The molecule has 48 heavy (non-hydrogen) atoms. The first-order valence-electron chi connectivity index (χ1n) is 18.7. The van der Waals surface area contributed by atoms with E-state index in [1.807, 2.05) is 0 Å². The summed E-state index contributed by atoms with van der Waals surface area (Å²) >= 11 is 0. The largest absolute Gasteiger partial charge is 0.0628 e. The van der Waals surface area contributed by atoms with Crippen LogP contribution < -0.4 is 0 Å². The van der Waals surface area contributed by atoms with E-state index in [4.69, 9.17) is 0 Å². The molecule has 0 bridgehead atoms. The fourth-order valence-corrected chi connectivity index (χ4v) is 5.15. The van der Waals surface area contributed by atoms with Crippen molar-refractivity contribution < 1.29 is 0 Å². The second-order valence-corrected chi connectivity index (χ2v) is 15.7. The molecular formula is C48H74. The molecule has 0 radical (unpaired) electrons. The van der Waals surface area contributed by atoms with Crippen LogP contribution in [0.1, 0.15) is 152 Å². The van der Waals surface area contributed by atoms with Crippen LogP contribution in [0.2, 0.25) is 0 Å². The Morgan fingerprint density at radius 1 is 0.375 bits per heavy atom. The maximum absolute atomic E-state index is 2.26. The summed E-state index contributed by atoms with van der Waals surface area (Å²) in [6, 6.07) is 34.7. The molecule has 266 valence electrons. The van der Waals surface area contributed by atoms with Gasteiger partial charge >= 0.3 is 0 Å². The number of aryl methyl sites for hydroxylation is 4. The quantitative estimate of drug-likeness (QED) is 0.187. The molecule has 0 nitrogen and oxygen atoms in total. The highest BCUT2D eigenvalue weighted by molar-refractivity contribution is 5.26. The number of benzene rings is 4. The van der Waals surface area contributed by atoms with Gasteiger partial charge in [-0.3, -0.25) is 0 Å². The van der Waals surface area contributed by atoms with Crippen molar-refractivity contribution in [3.63, 3.8) is 0 Å². The van der Waals surface area contributed by atoms with Gasteiger partial charge in [0.2, 0.25) is 0 Å². The Balaban J connectivity index is 0.000000580. The summed E-state index contributed by atoms with van der Waals surface area (Å²) in [7, 11) is 0. The van der Waals surface area contributed by atoms with Gasteiger partial charge < -0.3 is 0 Å². The molecule has 4 aromatic rings. The Hall–Kier alpha value is -3.12. The predicted molar refractivity (Wildman–Crippen MR) is 220 cm³/mol. The zero-order valence-electron chi connectivity index (χ0n) is 34.1. The van der Waals surface area contributed by atoms with Crippen molar-refractivity contribution >= 4 is 0 Å². The van der Waals surface area contributed by atoms with Gasteiger partial charge in [0.05, 0.1) is 0 Å². The van der Waals surface area contributed by atoms with E-state index in [-0.39, 0.29) is 0 Å². The summed E-state index contributed by atoms with van der Waals surface area (Å²) in [4.78, 5) is 0. The molecule has 0 aromatic heterocycles. The van der Waals surface area contributed by atoms with Gasteiger partial charge in [0.25, 0.3) is 0 Å². The van der Waals surface area contributed by atoms with E-state index in [9.17, 15) is 0 Å². The second kappa shape index (κ2) is 24.9. The standard InChI is InChI=1S/C11H16.3C10H14.C7H16/c1-9(2)8-11-7-5-4-6-10(11)3;2*1-8(2)10-6-4-9(3)5-7-10;1-8(2)10-6-4-5-9(3)7-10;1-6(2)5-7(3)4/h4-7,9H,8H2,1-3H3;3*4-8H,1-3H3;6-7H,5H2,1-4H3. The minimum Gasteiger partial charge on any atom is -0.0628 e. The molecule has 0 N–H and O–H groups in total. The molecule has 0 spiro atoms.